The Labute approximate surface area is 475 Å². The van der Waals surface area contributed by atoms with Gasteiger partial charge < -0.3 is 38.0 Å². The quantitative estimate of drug-likeness (QED) is 0.0692. The maximum atomic E-state index is 13.8. The molecule has 2 aliphatic heterocycles. The molecule has 4 heterocycles. The van der Waals surface area contributed by atoms with Gasteiger partial charge >= 0.3 is 0 Å². The minimum Gasteiger partial charge on any atom is -0.497 e. The summed E-state index contributed by atoms with van der Waals surface area (Å²) in [6.07, 6.45) is 5.77. The Bertz CT molecular complexity index is 3380. The molecule has 2 aliphatic carbocycles. The number of rotatable bonds is 23. The molecule has 6 aromatic rings. The highest BCUT2D eigenvalue weighted by atomic mass is 32.2. The van der Waals surface area contributed by atoms with Crippen LogP contribution in [0.2, 0.25) is 0 Å². The molecule has 1 N–H and O–H groups in total. The first kappa shape index (κ1) is 59.1. The number of carbonyl (C=O) groups is 2. The third-order valence-corrected chi connectivity index (χ3v) is 19.5. The van der Waals surface area contributed by atoms with E-state index >= 15 is 0 Å². The number of oxazole rings is 2. The van der Waals surface area contributed by atoms with Crippen LogP contribution in [0.5, 0.6) is 11.5 Å². The van der Waals surface area contributed by atoms with E-state index in [2.05, 4.69) is 31.9 Å². The van der Waals surface area contributed by atoms with E-state index in [1.807, 2.05) is 36.4 Å². The van der Waals surface area contributed by atoms with E-state index in [1.165, 1.54) is 26.7 Å². The van der Waals surface area contributed by atoms with Crippen molar-refractivity contribution >= 4 is 31.9 Å². The highest BCUT2D eigenvalue weighted by Crippen LogP contribution is 2.38. The van der Waals surface area contributed by atoms with Crippen LogP contribution >= 0.6 is 0 Å². The van der Waals surface area contributed by atoms with Crippen LogP contribution in [-0.4, -0.2) is 158 Å². The first-order valence-corrected chi connectivity index (χ1v) is 30.1. The molecule has 2 aromatic heterocycles. The van der Waals surface area contributed by atoms with Gasteiger partial charge in [-0.3, -0.25) is 19.4 Å². The summed E-state index contributed by atoms with van der Waals surface area (Å²) in [5.41, 5.74) is 7.08. The highest BCUT2D eigenvalue weighted by molar-refractivity contribution is 7.89. The van der Waals surface area contributed by atoms with Gasteiger partial charge in [0, 0.05) is 85.6 Å². The number of nitrogens with zero attached hydrogens (tertiary/aromatic N) is 8. The molecule has 4 aromatic carbocycles. The number of carbonyl (C=O) groups excluding carboxylic acids is 2. The SMILES string of the molecule is COc1cc(C)c(S(=O)(=O)N(Cc2nc(C(=O)N(C)Cc3ccc(CN4CC(O)C4)cc3)co2)C2CC2)c(C)c1.COc1cc(C)c(S(=O)(=O)N(Cc2nc(C(=O)N(C)Cc3ccc(CN4CC(OC)C4)cc3)co2)C2CC2)c(C)c1. The third-order valence-electron chi connectivity index (χ3n) is 15.1. The molecule has 10 rings (SSSR count). The van der Waals surface area contributed by atoms with Crippen LogP contribution in [0.4, 0.5) is 0 Å². The zero-order valence-corrected chi connectivity index (χ0v) is 49.3. The predicted octanol–water partition coefficient (Wildman–Crippen LogP) is 6.86. The minimum absolute atomic E-state index is 0.0431. The van der Waals surface area contributed by atoms with Gasteiger partial charge in [0.25, 0.3) is 11.8 Å². The second kappa shape index (κ2) is 24.9. The maximum Gasteiger partial charge on any atom is 0.275 e. The molecule has 81 heavy (non-hydrogen) atoms. The first-order chi connectivity index (χ1) is 38.6. The van der Waals surface area contributed by atoms with Crippen molar-refractivity contribution in [2.75, 3.05) is 61.6 Å². The van der Waals surface area contributed by atoms with E-state index in [4.69, 9.17) is 23.0 Å². The number of benzene rings is 4. The molecule has 2 amide bonds. The van der Waals surface area contributed by atoms with Gasteiger partial charge in [-0.2, -0.15) is 8.61 Å². The summed E-state index contributed by atoms with van der Waals surface area (Å²) >= 11 is 0. The van der Waals surface area contributed by atoms with E-state index in [1.54, 1.807) is 97.2 Å². The van der Waals surface area contributed by atoms with Crippen molar-refractivity contribution in [2.45, 2.75) is 127 Å². The van der Waals surface area contributed by atoms with Crippen LogP contribution < -0.4 is 9.47 Å². The number of β-amino-alcohol motifs (C(OH)–C–C–N with tert-alkyl or cyclic N) is 1. The first-order valence-electron chi connectivity index (χ1n) is 27.2. The van der Waals surface area contributed by atoms with Crippen LogP contribution in [0.3, 0.4) is 0 Å². The molecule has 4 fully saturated rings. The van der Waals surface area contributed by atoms with Gasteiger partial charge in [-0.25, -0.2) is 26.8 Å². The van der Waals surface area contributed by atoms with Crippen LogP contribution in [-0.2, 0) is 64.1 Å². The molecule has 434 valence electrons. The summed E-state index contributed by atoms with van der Waals surface area (Å²) in [5.74, 6) is 0.980. The normalized spacial score (nSPS) is 16.2. The molecule has 0 bridgehead atoms. The number of sulfonamides is 2. The average Bonchev–Trinajstić information content (AvgIpc) is 4.29. The number of likely N-dealkylation sites (tertiary alicyclic amines) is 2. The molecule has 4 aliphatic rings. The monoisotopic (exact) mass is 1150 g/mol. The number of hydrogen-bond acceptors (Lipinski definition) is 16. The number of methoxy groups -OCH3 is 3. The lowest BCUT2D eigenvalue weighted by molar-refractivity contribution is -0.0334. The van der Waals surface area contributed by atoms with Gasteiger partial charge in [-0.1, -0.05) is 48.5 Å². The number of aryl methyl sites for hydroxylation is 4. The van der Waals surface area contributed by atoms with E-state index in [-0.39, 0.29) is 76.1 Å². The van der Waals surface area contributed by atoms with Crippen molar-refractivity contribution in [2.24, 2.45) is 0 Å². The number of amides is 2. The molecule has 2 saturated heterocycles. The third kappa shape index (κ3) is 14.1. The topological polar surface area (TPSA) is 222 Å². The highest BCUT2D eigenvalue weighted by Gasteiger charge is 2.42. The smallest absolute Gasteiger partial charge is 0.275 e. The van der Waals surface area contributed by atoms with Gasteiger partial charge in [0.15, 0.2) is 11.4 Å². The zero-order chi connectivity index (χ0) is 57.9. The average molecular weight is 1150 g/mol. The van der Waals surface area contributed by atoms with Gasteiger partial charge in [0.1, 0.15) is 24.0 Å². The van der Waals surface area contributed by atoms with E-state index in [0.29, 0.717) is 66.0 Å². The van der Waals surface area contributed by atoms with Crippen LogP contribution in [0.1, 0.15) is 103 Å². The van der Waals surface area contributed by atoms with Crippen molar-refractivity contribution in [1.29, 1.82) is 0 Å². The number of hydrogen-bond donors (Lipinski definition) is 1. The number of aromatic nitrogens is 2. The molecular weight excluding hydrogens is 1080 g/mol. The van der Waals surface area contributed by atoms with Crippen molar-refractivity contribution < 1.29 is 54.6 Å². The van der Waals surface area contributed by atoms with E-state index < -0.39 is 20.0 Å². The Morgan fingerprint density at radius 3 is 1.23 bits per heavy atom. The van der Waals surface area contributed by atoms with E-state index in [9.17, 15) is 31.5 Å². The summed E-state index contributed by atoms with van der Waals surface area (Å²) in [4.78, 5) is 43.1. The summed E-state index contributed by atoms with van der Waals surface area (Å²) < 4.78 is 85.1. The fraction of sp³-hybridized carbons (Fsp3) is 0.458. The lowest BCUT2D eigenvalue weighted by atomic mass is 10.1. The molecule has 2 saturated carbocycles. The molecule has 0 unspecified atom stereocenters. The van der Waals surface area contributed by atoms with Gasteiger partial charge in [0.05, 0.1) is 49.3 Å². The zero-order valence-electron chi connectivity index (χ0n) is 47.6. The number of aliphatic hydroxyl groups excluding tert-OH is 1. The largest absolute Gasteiger partial charge is 0.497 e. The standard InChI is InChI=1S/C30H38N4O6S.C29H36N4O6S/c1-20-12-25(38-4)13-21(2)29(20)41(36,37)34(24-10-11-24)18-28-31-27(19-40-28)30(35)32(3)14-22-6-8-23(9-7-22)15-33-16-26(17-33)39-5;1-19-11-25(38-4)12-20(2)28(19)40(36,37)33(23-9-10-23)17-27-30-26(18-39-27)29(35)31(3)13-21-5-7-22(8-6-21)14-32-15-24(34)16-32/h6-9,12-13,19,24,26H,10-11,14-18H2,1-5H3;5-8,11-12,18,23-24,34H,9-10,13-17H2,1-4H3. The fourth-order valence-electron chi connectivity index (χ4n) is 10.5. The van der Waals surface area contributed by atoms with Gasteiger partial charge in [-0.05, 0) is 122 Å². The fourth-order valence-corrected chi connectivity index (χ4v) is 14.6. The minimum atomic E-state index is -3.84. The van der Waals surface area contributed by atoms with Gasteiger partial charge in [0.2, 0.25) is 31.8 Å². The lowest BCUT2D eigenvalue weighted by Crippen LogP contribution is -2.50. The van der Waals surface area contributed by atoms with E-state index in [0.717, 1.165) is 68.6 Å². The van der Waals surface area contributed by atoms with Gasteiger partial charge in [-0.15, -0.1) is 0 Å². The predicted molar refractivity (Wildman–Crippen MR) is 301 cm³/mol. The second-order valence-electron chi connectivity index (χ2n) is 21.9. The maximum absolute atomic E-state index is 13.8. The Hall–Kier alpha value is -6.50. The molecular formula is C59H74N8O12S2. The summed E-state index contributed by atoms with van der Waals surface area (Å²) in [5, 5.41) is 9.45. The molecule has 0 spiro atoms. The summed E-state index contributed by atoms with van der Waals surface area (Å²) in [6.45, 7) is 12.7. The lowest BCUT2D eigenvalue weighted by Gasteiger charge is -2.38. The van der Waals surface area contributed by atoms with Crippen LogP contribution in [0.25, 0.3) is 0 Å². The number of aliphatic hydroxyl groups is 1. The van der Waals surface area contributed by atoms with Crippen molar-refractivity contribution in [1.82, 2.24) is 38.2 Å². The Morgan fingerprint density at radius 1 is 0.568 bits per heavy atom. The molecule has 20 nitrogen and oxygen atoms in total. The second-order valence-corrected chi connectivity index (χ2v) is 25.5. The summed E-state index contributed by atoms with van der Waals surface area (Å²) in [7, 11) is 0.596. The van der Waals surface area contributed by atoms with Crippen LogP contribution in [0, 0.1) is 27.7 Å². The summed E-state index contributed by atoms with van der Waals surface area (Å²) in [6, 6.07) is 22.9. The van der Waals surface area contributed by atoms with Crippen molar-refractivity contribution in [3.63, 3.8) is 0 Å². The Balaban J connectivity index is 0.000000196. The van der Waals surface area contributed by atoms with Crippen molar-refractivity contribution in [3.05, 3.63) is 153 Å². The molecule has 22 heteroatoms. The van der Waals surface area contributed by atoms with Crippen LogP contribution in [0.15, 0.2) is 104 Å². The Kier molecular flexibility index (Phi) is 18.2. The molecule has 0 atom stereocenters. The van der Waals surface area contributed by atoms with Crippen molar-refractivity contribution in [3.8, 4) is 11.5 Å². The Morgan fingerprint density at radius 2 is 0.914 bits per heavy atom. The molecule has 0 radical (unpaired) electrons. The number of ether oxygens (including phenoxy) is 3.